The standard InChI is InChI=1S/C19H14ClN5O5S2/c20-16-6-5-15(31-16)18(26)23-9-12-10-25(19(27)30-12)11-7-21-17(22-8-11)13-3-1-2-4-14(13)24-32(28)29/h1-8,12H,9-10H2,(H,23,26)/t12-/m0/s1. The number of halogens is 1. The van der Waals surface area contributed by atoms with E-state index in [1.165, 1.54) is 23.4 Å². The van der Waals surface area contributed by atoms with Crippen LogP contribution in [0.5, 0.6) is 0 Å². The molecule has 0 aliphatic carbocycles. The molecule has 1 aromatic carbocycles. The van der Waals surface area contributed by atoms with Gasteiger partial charge in [-0.1, -0.05) is 23.7 Å². The number of cyclic esters (lactones) is 1. The van der Waals surface area contributed by atoms with E-state index in [9.17, 15) is 18.0 Å². The quantitative estimate of drug-likeness (QED) is 0.559. The van der Waals surface area contributed by atoms with Crippen molar-refractivity contribution in [2.75, 3.05) is 18.0 Å². The summed E-state index contributed by atoms with van der Waals surface area (Å²) in [5.41, 5.74) is 1.04. The predicted molar refractivity (Wildman–Crippen MR) is 118 cm³/mol. The number of aromatic nitrogens is 2. The Balaban J connectivity index is 1.43. The van der Waals surface area contributed by atoms with Crippen molar-refractivity contribution in [1.29, 1.82) is 0 Å². The molecule has 0 radical (unpaired) electrons. The van der Waals surface area contributed by atoms with Crippen molar-refractivity contribution in [1.82, 2.24) is 15.3 Å². The van der Waals surface area contributed by atoms with E-state index in [4.69, 9.17) is 16.3 Å². The molecule has 164 valence electrons. The van der Waals surface area contributed by atoms with Crippen LogP contribution in [0.4, 0.5) is 16.2 Å². The van der Waals surface area contributed by atoms with Gasteiger partial charge in [-0.2, -0.15) is 8.42 Å². The number of carbonyl (C=O) groups is 2. The Kier molecular flexibility index (Phi) is 6.44. The summed E-state index contributed by atoms with van der Waals surface area (Å²) in [6, 6.07) is 9.78. The Hall–Kier alpha value is -3.35. The third kappa shape index (κ3) is 4.93. The van der Waals surface area contributed by atoms with E-state index in [0.29, 0.717) is 20.5 Å². The highest BCUT2D eigenvalue weighted by molar-refractivity contribution is 7.61. The van der Waals surface area contributed by atoms with E-state index in [0.717, 1.165) is 11.3 Å². The van der Waals surface area contributed by atoms with Crippen molar-refractivity contribution in [3.8, 4) is 11.4 Å². The summed E-state index contributed by atoms with van der Waals surface area (Å²) in [6.45, 7) is 0.338. The second-order valence-electron chi connectivity index (χ2n) is 6.52. The van der Waals surface area contributed by atoms with Crippen LogP contribution in [-0.4, -0.2) is 49.6 Å². The Morgan fingerprint density at radius 2 is 2.00 bits per heavy atom. The Morgan fingerprint density at radius 3 is 2.69 bits per heavy atom. The zero-order chi connectivity index (χ0) is 22.7. The summed E-state index contributed by atoms with van der Waals surface area (Å²) in [7, 11) is -2.62. The molecular weight excluding hydrogens is 478 g/mol. The Labute approximate surface area is 192 Å². The molecular formula is C19H14ClN5O5S2. The summed E-state index contributed by atoms with van der Waals surface area (Å²) < 4.78 is 31.2. The fourth-order valence-corrected chi connectivity index (χ4v) is 4.27. The number of amides is 2. The van der Waals surface area contributed by atoms with Gasteiger partial charge in [0.25, 0.3) is 5.91 Å². The highest BCUT2D eigenvalue weighted by Crippen LogP contribution is 2.28. The number of ether oxygens (including phenoxy) is 1. The van der Waals surface area contributed by atoms with Gasteiger partial charge < -0.3 is 10.1 Å². The van der Waals surface area contributed by atoms with Crippen LogP contribution in [0.1, 0.15) is 9.67 Å². The lowest BCUT2D eigenvalue weighted by molar-refractivity contribution is 0.0920. The van der Waals surface area contributed by atoms with Gasteiger partial charge in [0.15, 0.2) is 5.82 Å². The normalized spacial score (nSPS) is 15.3. The summed E-state index contributed by atoms with van der Waals surface area (Å²) in [6.07, 6.45) is 1.73. The lowest BCUT2D eigenvalue weighted by Crippen LogP contribution is -2.34. The highest BCUT2D eigenvalue weighted by Gasteiger charge is 2.33. The summed E-state index contributed by atoms with van der Waals surface area (Å²) in [5.74, 6) is -0.0447. The van der Waals surface area contributed by atoms with Crippen LogP contribution >= 0.6 is 22.9 Å². The number of nitrogens with one attached hydrogen (secondary N) is 1. The van der Waals surface area contributed by atoms with Crippen molar-refractivity contribution in [2.24, 2.45) is 4.36 Å². The maximum absolute atomic E-state index is 12.3. The summed E-state index contributed by atoms with van der Waals surface area (Å²) in [5, 5.41) is 2.72. The number of benzene rings is 1. The molecule has 0 unspecified atom stereocenters. The minimum Gasteiger partial charge on any atom is -0.442 e. The smallest absolute Gasteiger partial charge is 0.414 e. The van der Waals surface area contributed by atoms with Crippen LogP contribution < -0.4 is 10.2 Å². The first-order valence-electron chi connectivity index (χ1n) is 9.15. The van der Waals surface area contributed by atoms with Crippen molar-refractivity contribution in [3.63, 3.8) is 0 Å². The third-order valence-electron chi connectivity index (χ3n) is 4.43. The first-order chi connectivity index (χ1) is 15.4. The number of hydrogen-bond donors (Lipinski definition) is 1. The molecule has 0 bridgehead atoms. The van der Waals surface area contributed by atoms with Crippen LogP contribution in [0.15, 0.2) is 53.2 Å². The number of hydrogen-bond acceptors (Lipinski definition) is 9. The van der Waals surface area contributed by atoms with Crippen molar-refractivity contribution in [3.05, 3.63) is 58.0 Å². The minimum atomic E-state index is -2.62. The van der Waals surface area contributed by atoms with Gasteiger partial charge in [0.2, 0.25) is 0 Å². The molecule has 3 aromatic rings. The van der Waals surface area contributed by atoms with E-state index in [1.807, 2.05) is 0 Å². The van der Waals surface area contributed by atoms with Crippen LogP contribution in [0.25, 0.3) is 11.4 Å². The molecule has 1 aliphatic heterocycles. The monoisotopic (exact) mass is 491 g/mol. The second kappa shape index (κ2) is 9.42. The van der Waals surface area contributed by atoms with Crippen LogP contribution in [0.3, 0.4) is 0 Å². The minimum absolute atomic E-state index is 0.136. The van der Waals surface area contributed by atoms with Crippen LogP contribution in [0, 0.1) is 0 Å². The van der Waals surface area contributed by atoms with E-state index in [1.54, 1.807) is 30.3 Å². The molecule has 2 aromatic heterocycles. The Morgan fingerprint density at radius 1 is 1.25 bits per heavy atom. The average Bonchev–Trinajstić information content (AvgIpc) is 3.38. The van der Waals surface area contributed by atoms with E-state index < -0.39 is 22.7 Å². The molecule has 1 fully saturated rings. The van der Waals surface area contributed by atoms with Gasteiger partial charge in [0.1, 0.15) is 6.10 Å². The lowest BCUT2D eigenvalue weighted by Gasteiger charge is -2.13. The molecule has 13 heteroatoms. The van der Waals surface area contributed by atoms with Crippen LogP contribution in [-0.2, 0) is 15.2 Å². The molecule has 4 rings (SSSR count). The van der Waals surface area contributed by atoms with Crippen molar-refractivity contribution in [2.45, 2.75) is 6.10 Å². The molecule has 1 atom stereocenters. The van der Waals surface area contributed by atoms with Crippen LogP contribution in [0.2, 0.25) is 4.34 Å². The van der Waals surface area contributed by atoms with Gasteiger partial charge in [0, 0.05) is 5.56 Å². The highest BCUT2D eigenvalue weighted by atomic mass is 35.5. The topological polar surface area (TPSA) is 131 Å². The molecule has 2 amide bonds. The molecule has 0 spiro atoms. The molecule has 10 nitrogen and oxygen atoms in total. The van der Waals surface area contributed by atoms with E-state index in [2.05, 4.69) is 19.6 Å². The van der Waals surface area contributed by atoms with Crippen molar-refractivity contribution >= 4 is 56.8 Å². The number of nitrogens with zero attached hydrogens (tertiary/aromatic N) is 4. The fraction of sp³-hybridized carbons (Fsp3) is 0.158. The number of anilines is 1. The number of carbonyl (C=O) groups excluding carboxylic acids is 2. The largest absolute Gasteiger partial charge is 0.442 e. The zero-order valence-electron chi connectivity index (χ0n) is 16.1. The number of rotatable bonds is 6. The maximum atomic E-state index is 12.3. The first-order valence-corrected chi connectivity index (χ1v) is 11.4. The molecule has 32 heavy (non-hydrogen) atoms. The molecule has 1 aliphatic rings. The third-order valence-corrected chi connectivity index (χ3v) is 6.00. The predicted octanol–water partition coefficient (Wildman–Crippen LogP) is 3.31. The Bertz CT molecular complexity index is 1300. The number of thiophene rings is 1. The van der Waals surface area contributed by atoms with Gasteiger partial charge >= 0.3 is 16.6 Å². The second-order valence-corrected chi connectivity index (χ2v) is 8.85. The summed E-state index contributed by atoms with van der Waals surface area (Å²) in [4.78, 5) is 34.7. The molecule has 3 heterocycles. The SMILES string of the molecule is O=C(NC[C@H]1CN(c2cnc(-c3ccccc3N=S(=O)=O)nc2)C(=O)O1)c1ccc(Cl)s1. The summed E-state index contributed by atoms with van der Waals surface area (Å²) >= 11 is 6.99. The molecule has 1 N–H and O–H groups in total. The maximum Gasteiger partial charge on any atom is 0.414 e. The van der Waals surface area contributed by atoms with Gasteiger partial charge in [-0.05, 0) is 24.3 Å². The first kappa shape index (κ1) is 21.9. The van der Waals surface area contributed by atoms with E-state index in [-0.39, 0.29) is 30.5 Å². The molecule has 1 saturated heterocycles. The fourth-order valence-electron chi connectivity index (χ4n) is 2.99. The lowest BCUT2D eigenvalue weighted by atomic mass is 10.1. The zero-order valence-corrected chi connectivity index (χ0v) is 18.5. The van der Waals surface area contributed by atoms with Gasteiger partial charge in [0.05, 0.1) is 46.1 Å². The van der Waals surface area contributed by atoms with E-state index >= 15 is 0 Å². The van der Waals surface area contributed by atoms with Gasteiger partial charge in [-0.25, -0.2) is 14.8 Å². The average molecular weight is 492 g/mol. The van der Waals surface area contributed by atoms with Crippen molar-refractivity contribution < 1.29 is 22.7 Å². The van der Waals surface area contributed by atoms with Gasteiger partial charge in [-0.15, -0.1) is 15.7 Å². The molecule has 0 saturated carbocycles. The van der Waals surface area contributed by atoms with Gasteiger partial charge in [-0.3, -0.25) is 9.69 Å².